The van der Waals surface area contributed by atoms with Gasteiger partial charge in [-0.2, -0.15) is 0 Å². The van der Waals surface area contributed by atoms with Crippen LogP contribution in [-0.2, 0) is 19.6 Å². The Balaban J connectivity index is 1.71. The van der Waals surface area contributed by atoms with Gasteiger partial charge in [0.25, 0.3) is 10.0 Å². The van der Waals surface area contributed by atoms with Crippen LogP contribution in [0.25, 0.3) is 0 Å². The molecule has 1 aliphatic rings. The lowest BCUT2D eigenvalue weighted by Crippen LogP contribution is -2.42. The number of hydrogen-bond donors (Lipinski definition) is 1. The largest absolute Gasteiger partial charge is 0.495 e. The molecule has 1 fully saturated rings. The van der Waals surface area contributed by atoms with Crippen LogP contribution >= 0.6 is 11.6 Å². The number of rotatable bonds is 10. The average molecular weight is 482 g/mol. The number of ether oxygens (including phenoxy) is 2. The normalized spacial score (nSPS) is 14.7. The van der Waals surface area contributed by atoms with E-state index in [-0.39, 0.29) is 22.2 Å². The highest BCUT2D eigenvalue weighted by Gasteiger charge is 2.27. The van der Waals surface area contributed by atoms with Crippen LogP contribution < -0.4 is 14.4 Å². The Bertz CT molecular complexity index is 998. The van der Waals surface area contributed by atoms with Crippen molar-refractivity contribution in [2.45, 2.75) is 11.3 Å². The lowest BCUT2D eigenvalue weighted by atomic mass is 10.3. The van der Waals surface area contributed by atoms with Crippen LogP contribution in [0.5, 0.6) is 5.75 Å². The summed E-state index contributed by atoms with van der Waals surface area (Å²) in [5.74, 6) is 0.0264. The zero-order valence-corrected chi connectivity index (χ0v) is 19.6. The smallest absolute Gasteiger partial charge is 0.264 e. The first-order chi connectivity index (χ1) is 15.4. The summed E-state index contributed by atoms with van der Waals surface area (Å²) >= 11 is 6.22. The molecule has 2 aromatic rings. The van der Waals surface area contributed by atoms with E-state index in [1.165, 1.54) is 25.3 Å². The topological polar surface area (TPSA) is 88.2 Å². The molecule has 8 nitrogen and oxygen atoms in total. The number of anilines is 1. The summed E-state index contributed by atoms with van der Waals surface area (Å²) in [6.45, 7) is 4.16. The minimum Gasteiger partial charge on any atom is -0.495 e. The third-order valence-electron chi connectivity index (χ3n) is 5.12. The van der Waals surface area contributed by atoms with Gasteiger partial charge in [0.15, 0.2) is 0 Å². The summed E-state index contributed by atoms with van der Waals surface area (Å²) in [4.78, 5) is 15.0. The van der Waals surface area contributed by atoms with Gasteiger partial charge in [0.05, 0.1) is 35.9 Å². The van der Waals surface area contributed by atoms with E-state index in [0.29, 0.717) is 12.3 Å². The van der Waals surface area contributed by atoms with Crippen LogP contribution in [-0.4, -0.2) is 72.3 Å². The number of nitrogens with zero attached hydrogens (tertiary/aromatic N) is 2. The van der Waals surface area contributed by atoms with Crippen LogP contribution in [0.4, 0.5) is 5.69 Å². The van der Waals surface area contributed by atoms with Gasteiger partial charge in [-0.3, -0.25) is 14.0 Å². The Morgan fingerprint density at radius 2 is 1.91 bits per heavy atom. The van der Waals surface area contributed by atoms with Gasteiger partial charge < -0.3 is 14.8 Å². The Kier molecular flexibility index (Phi) is 8.75. The number of amides is 1. The highest BCUT2D eigenvalue weighted by molar-refractivity contribution is 7.92. The first-order valence-corrected chi connectivity index (χ1v) is 12.2. The molecule has 0 atom stereocenters. The van der Waals surface area contributed by atoms with Gasteiger partial charge in [-0.25, -0.2) is 8.42 Å². The van der Waals surface area contributed by atoms with Gasteiger partial charge in [-0.05, 0) is 43.3 Å². The van der Waals surface area contributed by atoms with E-state index in [1.807, 2.05) is 0 Å². The fourth-order valence-electron chi connectivity index (χ4n) is 3.39. The first kappa shape index (κ1) is 24.3. The monoisotopic (exact) mass is 481 g/mol. The molecule has 174 valence electrons. The molecule has 1 saturated heterocycles. The lowest BCUT2D eigenvalue weighted by molar-refractivity contribution is -0.119. The number of morpholine rings is 1. The molecule has 0 spiro atoms. The van der Waals surface area contributed by atoms with Crippen molar-refractivity contribution in [2.75, 3.05) is 57.4 Å². The maximum absolute atomic E-state index is 13.3. The first-order valence-electron chi connectivity index (χ1n) is 10.4. The fourth-order valence-corrected chi connectivity index (χ4v) is 5.07. The Morgan fingerprint density at radius 1 is 1.19 bits per heavy atom. The summed E-state index contributed by atoms with van der Waals surface area (Å²) in [7, 11) is -2.51. The van der Waals surface area contributed by atoms with Gasteiger partial charge in [-0.15, -0.1) is 0 Å². The molecule has 10 heteroatoms. The van der Waals surface area contributed by atoms with Crippen molar-refractivity contribution in [3.63, 3.8) is 0 Å². The van der Waals surface area contributed by atoms with Crippen molar-refractivity contribution in [1.82, 2.24) is 10.2 Å². The third kappa shape index (κ3) is 6.35. The maximum Gasteiger partial charge on any atom is 0.264 e. The molecule has 3 rings (SSSR count). The van der Waals surface area contributed by atoms with Gasteiger partial charge in [0.1, 0.15) is 12.3 Å². The van der Waals surface area contributed by atoms with Gasteiger partial charge in [0, 0.05) is 19.6 Å². The number of nitrogens with one attached hydrogen (secondary N) is 1. The van der Waals surface area contributed by atoms with E-state index in [0.717, 1.165) is 43.6 Å². The predicted octanol–water partition coefficient (Wildman–Crippen LogP) is 2.38. The number of carbonyl (C=O) groups excluding carboxylic acids is 1. The minimum atomic E-state index is -3.98. The Morgan fingerprint density at radius 3 is 2.56 bits per heavy atom. The van der Waals surface area contributed by atoms with Crippen LogP contribution in [0.1, 0.15) is 6.42 Å². The van der Waals surface area contributed by atoms with Crippen LogP contribution in [0, 0.1) is 0 Å². The van der Waals surface area contributed by atoms with Gasteiger partial charge >= 0.3 is 0 Å². The van der Waals surface area contributed by atoms with Gasteiger partial charge in [-0.1, -0.05) is 29.8 Å². The van der Waals surface area contributed by atoms with Crippen molar-refractivity contribution < 1.29 is 22.7 Å². The van der Waals surface area contributed by atoms with E-state index < -0.39 is 15.9 Å². The number of methoxy groups -OCH3 is 1. The standard InChI is InChI=1S/C22H28ClN3O5S/c1-30-21-9-8-18(16-20(21)23)26(32(28,29)19-6-3-2-4-7-19)17-22(27)24-10-5-11-25-12-14-31-15-13-25/h2-4,6-9,16H,5,10-15,17H2,1H3,(H,24,27). The summed E-state index contributed by atoms with van der Waals surface area (Å²) < 4.78 is 38.2. The number of benzene rings is 2. The van der Waals surface area contributed by atoms with Crippen molar-refractivity contribution in [3.05, 3.63) is 53.6 Å². The molecule has 32 heavy (non-hydrogen) atoms. The van der Waals surface area contributed by atoms with Crippen molar-refractivity contribution in [3.8, 4) is 5.75 Å². The van der Waals surface area contributed by atoms with E-state index >= 15 is 0 Å². The molecule has 1 aliphatic heterocycles. The van der Waals surface area contributed by atoms with E-state index in [2.05, 4.69) is 10.2 Å². The molecule has 1 amide bonds. The molecule has 0 aliphatic carbocycles. The highest BCUT2D eigenvalue weighted by Crippen LogP contribution is 2.31. The molecule has 0 bridgehead atoms. The Hall–Kier alpha value is -2.33. The highest BCUT2D eigenvalue weighted by atomic mass is 35.5. The number of hydrogen-bond acceptors (Lipinski definition) is 6. The SMILES string of the molecule is COc1ccc(N(CC(=O)NCCCN2CCOCC2)S(=O)(=O)c2ccccc2)cc1Cl. The summed E-state index contributed by atoms with van der Waals surface area (Å²) in [5, 5.41) is 3.08. The van der Waals surface area contributed by atoms with Crippen molar-refractivity contribution in [1.29, 1.82) is 0 Å². The van der Waals surface area contributed by atoms with Crippen LogP contribution in [0.2, 0.25) is 5.02 Å². The molecular weight excluding hydrogens is 454 g/mol. The Labute approximate surface area is 194 Å². The van der Waals surface area contributed by atoms with E-state index in [4.69, 9.17) is 21.1 Å². The molecule has 0 radical (unpaired) electrons. The molecule has 0 saturated carbocycles. The third-order valence-corrected chi connectivity index (χ3v) is 7.20. The summed E-state index contributed by atoms with van der Waals surface area (Å²) in [6.07, 6.45) is 0.769. The summed E-state index contributed by atoms with van der Waals surface area (Å²) in [5.41, 5.74) is 0.281. The second-order valence-electron chi connectivity index (χ2n) is 7.30. The van der Waals surface area contributed by atoms with Gasteiger partial charge in [0.2, 0.25) is 5.91 Å². The van der Waals surface area contributed by atoms with Crippen LogP contribution in [0.3, 0.4) is 0 Å². The molecule has 1 heterocycles. The molecule has 1 N–H and O–H groups in total. The minimum absolute atomic E-state index is 0.0899. The number of sulfonamides is 1. The fraction of sp³-hybridized carbons (Fsp3) is 0.409. The molecule has 0 unspecified atom stereocenters. The second-order valence-corrected chi connectivity index (χ2v) is 9.57. The maximum atomic E-state index is 13.3. The lowest BCUT2D eigenvalue weighted by Gasteiger charge is -2.26. The quantitative estimate of drug-likeness (QED) is 0.524. The molecule has 2 aromatic carbocycles. The van der Waals surface area contributed by atoms with Crippen molar-refractivity contribution >= 4 is 33.2 Å². The zero-order valence-electron chi connectivity index (χ0n) is 18.0. The second kappa shape index (κ2) is 11.5. The van der Waals surface area contributed by atoms with Crippen molar-refractivity contribution in [2.24, 2.45) is 0 Å². The number of halogens is 1. The molecule has 0 aromatic heterocycles. The van der Waals surface area contributed by atoms with E-state index in [9.17, 15) is 13.2 Å². The zero-order chi connectivity index (χ0) is 23.0. The average Bonchev–Trinajstić information content (AvgIpc) is 2.81. The number of carbonyl (C=O) groups is 1. The summed E-state index contributed by atoms with van der Waals surface area (Å²) in [6, 6.07) is 12.6. The predicted molar refractivity (Wildman–Crippen MR) is 124 cm³/mol. The molecular formula is C22H28ClN3O5S. The van der Waals surface area contributed by atoms with E-state index in [1.54, 1.807) is 30.3 Å². The van der Waals surface area contributed by atoms with Crippen LogP contribution in [0.15, 0.2) is 53.4 Å².